The number of amides is 2. The molecule has 0 saturated heterocycles. The second-order valence-electron chi connectivity index (χ2n) is 5.58. The van der Waals surface area contributed by atoms with Crippen LogP contribution in [0.1, 0.15) is 40.1 Å². The number of anilines is 2. The van der Waals surface area contributed by atoms with E-state index in [1.165, 1.54) is 0 Å². The molecule has 0 bridgehead atoms. The summed E-state index contributed by atoms with van der Waals surface area (Å²) in [6, 6.07) is 12.1. The Kier molecular flexibility index (Phi) is 5.58. The summed E-state index contributed by atoms with van der Waals surface area (Å²) in [4.78, 5) is 26.4. The lowest BCUT2D eigenvalue weighted by Crippen LogP contribution is -2.30. The van der Waals surface area contributed by atoms with Crippen molar-refractivity contribution in [3.05, 3.63) is 59.2 Å². The van der Waals surface area contributed by atoms with Crippen LogP contribution in [0.3, 0.4) is 0 Å². The van der Waals surface area contributed by atoms with Crippen LogP contribution in [0.2, 0.25) is 0 Å². The van der Waals surface area contributed by atoms with Crippen molar-refractivity contribution in [3.63, 3.8) is 0 Å². The molecule has 5 heteroatoms. The van der Waals surface area contributed by atoms with E-state index in [0.717, 1.165) is 5.56 Å². The number of hydrogen-bond donors (Lipinski definition) is 2. The van der Waals surface area contributed by atoms with E-state index in [9.17, 15) is 9.59 Å². The zero-order valence-electron chi connectivity index (χ0n) is 14.3. The molecule has 5 nitrogen and oxygen atoms in total. The highest BCUT2D eigenvalue weighted by Gasteiger charge is 2.13. The fraction of sp³-hybridized carbons (Fsp3) is 0.263. The number of aryl methyl sites for hydroxylation is 1. The number of nitrogens with one attached hydrogen (secondary N) is 1. The summed E-state index contributed by atoms with van der Waals surface area (Å²) in [6.07, 6.45) is 0. The first-order chi connectivity index (χ1) is 11.5. The van der Waals surface area contributed by atoms with Gasteiger partial charge in [0.05, 0.1) is 0 Å². The lowest BCUT2D eigenvalue weighted by Gasteiger charge is -2.18. The molecule has 0 fully saturated rings. The van der Waals surface area contributed by atoms with E-state index in [2.05, 4.69) is 5.32 Å². The molecule has 0 aliphatic heterocycles. The molecule has 126 valence electrons. The molecule has 0 heterocycles. The Morgan fingerprint density at radius 2 is 1.67 bits per heavy atom. The molecule has 0 radical (unpaired) electrons. The SMILES string of the molecule is CCN(CC)C(=O)c1ccc(NC(=O)c2cc(N)ccc2C)cc1. The van der Waals surface area contributed by atoms with E-state index in [-0.39, 0.29) is 11.8 Å². The monoisotopic (exact) mass is 325 g/mol. The van der Waals surface area contributed by atoms with Crippen LogP contribution < -0.4 is 11.1 Å². The minimum Gasteiger partial charge on any atom is -0.399 e. The average molecular weight is 325 g/mol. The van der Waals surface area contributed by atoms with Crippen molar-refractivity contribution in [2.45, 2.75) is 20.8 Å². The molecule has 3 N–H and O–H groups in total. The molecule has 0 aromatic heterocycles. The predicted octanol–water partition coefficient (Wildman–Crippen LogP) is 3.31. The minimum absolute atomic E-state index is 0.00967. The zero-order chi connectivity index (χ0) is 17.7. The predicted molar refractivity (Wildman–Crippen MR) is 97.2 cm³/mol. The molecule has 2 aromatic carbocycles. The van der Waals surface area contributed by atoms with Crippen molar-refractivity contribution >= 4 is 23.2 Å². The van der Waals surface area contributed by atoms with E-state index >= 15 is 0 Å². The van der Waals surface area contributed by atoms with Gasteiger partial charge in [-0.25, -0.2) is 0 Å². The number of nitrogen functional groups attached to an aromatic ring is 1. The summed E-state index contributed by atoms with van der Waals surface area (Å²) < 4.78 is 0. The highest BCUT2D eigenvalue weighted by atomic mass is 16.2. The number of carbonyl (C=O) groups is 2. The number of hydrogen-bond acceptors (Lipinski definition) is 3. The van der Waals surface area contributed by atoms with E-state index < -0.39 is 0 Å². The van der Waals surface area contributed by atoms with Gasteiger partial charge in [-0.1, -0.05) is 6.07 Å². The largest absolute Gasteiger partial charge is 0.399 e. The molecule has 0 unspecified atom stereocenters. The number of rotatable bonds is 5. The van der Waals surface area contributed by atoms with Crippen LogP contribution in [-0.4, -0.2) is 29.8 Å². The van der Waals surface area contributed by atoms with Gasteiger partial charge in [0.25, 0.3) is 11.8 Å². The van der Waals surface area contributed by atoms with Gasteiger partial charge < -0.3 is 16.0 Å². The summed E-state index contributed by atoms with van der Waals surface area (Å²) in [5.41, 5.74) is 8.93. The maximum absolute atomic E-state index is 12.4. The smallest absolute Gasteiger partial charge is 0.256 e. The molecule has 0 atom stereocenters. The van der Waals surface area contributed by atoms with Crippen LogP contribution in [0, 0.1) is 6.92 Å². The van der Waals surface area contributed by atoms with Crippen LogP contribution >= 0.6 is 0 Å². The molecule has 2 aromatic rings. The van der Waals surface area contributed by atoms with Gasteiger partial charge in [-0.3, -0.25) is 9.59 Å². The molecule has 0 aliphatic rings. The van der Waals surface area contributed by atoms with Gasteiger partial charge in [-0.05, 0) is 62.7 Å². The van der Waals surface area contributed by atoms with Crippen molar-refractivity contribution in [1.82, 2.24) is 4.90 Å². The van der Waals surface area contributed by atoms with Gasteiger partial charge in [0, 0.05) is 35.6 Å². The van der Waals surface area contributed by atoms with Gasteiger partial charge in [0.15, 0.2) is 0 Å². The van der Waals surface area contributed by atoms with Crippen molar-refractivity contribution in [1.29, 1.82) is 0 Å². The van der Waals surface area contributed by atoms with Crippen LogP contribution in [0.25, 0.3) is 0 Å². The Morgan fingerprint density at radius 3 is 2.25 bits per heavy atom. The van der Waals surface area contributed by atoms with Crippen LogP contribution in [-0.2, 0) is 0 Å². The number of nitrogens with zero attached hydrogens (tertiary/aromatic N) is 1. The number of carbonyl (C=O) groups excluding carboxylic acids is 2. The first kappa shape index (κ1) is 17.5. The van der Waals surface area contributed by atoms with Gasteiger partial charge >= 0.3 is 0 Å². The normalized spacial score (nSPS) is 10.3. The second-order valence-corrected chi connectivity index (χ2v) is 5.58. The Balaban J connectivity index is 2.13. The first-order valence-electron chi connectivity index (χ1n) is 8.03. The molecule has 0 saturated carbocycles. The van der Waals surface area contributed by atoms with Crippen LogP contribution in [0.15, 0.2) is 42.5 Å². The Labute approximate surface area is 142 Å². The van der Waals surface area contributed by atoms with Gasteiger partial charge in [0.1, 0.15) is 0 Å². The van der Waals surface area contributed by atoms with E-state index in [0.29, 0.717) is 35.6 Å². The summed E-state index contributed by atoms with van der Waals surface area (Å²) in [7, 11) is 0. The van der Waals surface area contributed by atoms with Crippen LogP contribution in [0.5, 0.6) is 0 Å². The van der Waals surface area contributed by atoms with Crippen molar-refractivity contribution in [3.8, 4) is 0 Å². The standard InChI is InChI=1S/C19H23N3O2/c1-4-22(5-2)19(24)14-7-10-16(11-8-14)21-18(23)17-12-15(20)9-6-13(17)3/h6-12H,4-5,20H2,1-3H3,(H,21,23). The Morgan fingerprint density at radius 1 is 1.04 bits per heavy atom. The lowest BCUT2D eigenvalue weighted by atomic mass is 10.1. The third-order valence-electron chi connectivity index (χ3n) is 3.95. The molecule has 0 spiro atoms. The molecule has 2 rings (SSSR count). The lowest BCUT2D eigenvalue weighted by molar-refractivity contribution is 0.0773. The average Bonchev–Trinajstić information content (AvgIpc) is 2.58. The molecule has 0 aliphatic carbocycles. The summed E-state index contributed by atoms with van der Waals surface area (Å²) in [5.74, 6) is -0.229. The third-order valence-corrected chi connectivity index (χ3v) is 3.95. The fourth-order valence-corrected chi connectivity index (χ4v) is 2.47. The van der Waals surface area contributed by atoms with E-state index in [1.54, 1.807) is 41.3 Å². The first-order valence-corrected chi connectivity index (χ1v) is 8.03. The van der Waals surface area contributed by atoms with Crippen molar-refractivity contribution in [2.24, 2.45) is 0 Å². The van der Waals surface area contributed by atoms with Crippen molar-refractivity contribution < 1.29 is 9.59 Å². The fourth-order valence-electron chi connectivity index (χ4n) is 2.47. The minimum atomic E-state index is -0.220. The molecule has 2 amide bonds. The van der Waals surface area contributed by atoms with E-state index in [1.807, 2.05) is 26.8 Å². The van der Waals surface area contributed by atoms with Crippen molar-refractivity contribution in [2.75, 3.05) is 24.1 Å². The molecular formula is C19H23N3O2. The Bertz CT molecular complexity index is 735. The summed E-state index contributed by atoms with van der Waals surface area (Å²) in [6.45, 7) is 7.10. The molecular weight excluding hydrogens is 302 g/mol. The second kappa shape index (κ2) is 7.64. The number of nitrogens with two attached hydrogens (primary N) is 1. The number of benzene rings is 2. The quantitative estimate of drug-likeness (QED) is 0.828. The van der Waals surface area contributed by atoms with Crippen LogP contribution in [0.4, 0.5) is 11.4 Å². The maximum Gasteiger partial charge on any atom is 0.256 e. The highest BCUT2D eigenvalue weighted by molar-refractivity contribution is 6.06. The van der Waals surface area contributed by atoms with Gasteiger partial charge in [-0.15, -0.1) is 0 Å². The summed E-state index contributed by atoms with van der Waals surface area (Å²) in [5, 5.41) is 2.83. The maximum atomic E-state index is 12.4. The van der Waals surface area contributed by atoms with Gasteiger partial charge in [-0.2, -0.15) is 0 Å². The molecule has 24 heavy (non-hydrogen) atoms. The highest BCUT2D eigenvalue weighted by Crippen LogP contribution is 2.16. The van der Waals surface area contributed by atoms with Gasteiger partial charge in [0.2, 0.25) is 0 Å². The zero-order valence-corrected chi connectivity index (χ0v) is 14.3. The Hall–Kier alpha value is -2.82. The topological polar surface area (TPSA) is 75.4 Å². The van der Waals surface area contributed by atoms with E-state index in [4.69, 9.17) is 5.73 Å². The summed E-state index contributed by atoms with van der Waals surface area (Å²) >= 11 is 0. The third kappa shape index (κ3) is 3.93.